The van der Waals surface area contributed by atoms with Gasteiger partial charge in [0.1, 0.15) is 0 Å². The van der Waals surface area contributed by atoms with Crippen LogP contribution in [-0.4, -0.2) is 33.0 Å². The third kappa shape index (κ3) is 3.94. The van der Waals surface area contributed by atoms with Gasteiger partial charge in [0.25, 0.3) is 15.7 Å². The van der Waals surface area contributed by atoms with E-state index in [4.69, 9.17) is 16.3 Å². The Balaban J connectivity index is 2.40. The summed E-state index contributed by atoms with van der Waals surface area (Å²) in [5, 5.41) is 10.9. The highest BCUT2D eigenvalue weighted by molar-refractivity contribution is 7.92. The lowest BCUT2D eigenvalue weighted by Gasteiger charge is -2.20. The number of nitro groups is 1. The highest BCUT2D eigenvalue weighted by atomic mass is 35.5. The van der Waals surface area contributed by atoms with Gasteiger partial charge in [-0.3, -0.25) is 14.4 Å². The Bertz CT molecular complexity index is 961. The molecule has 0 aliphatic carbocycles. The van der Waals surface area contributed by atoms with Crippen molar-refractivity contribution in [2.75, 3.05) is 18.0 Å². The molecule has 138 valence electrons. The Labute approximate surface area is 155 Å². The largest absolute Gasteiger partial charge is 0.462 e. The number of hydrogen-bond acceptors (Lipinski definition) is 6. The van der Waals surface area contributed by atoms with E-state index in [9.17, 15) is 23.3 Å². The molecule has 0 fully saturated rings. The van der Waals surface area contributed by atoms with Gasteiger partial charge < -0.3 is 4.74 Å². The molecule has 0 unspecified atom stereocenters. The van der Waals surface area contributed by atoms with Crippen LogP contribution in [0, 0.1) is 10.1 Å². The second kappa shape index (κ2) is 7.71. The smallest absolute Gasteiger partial charge is 0.339 e. The molecule has 2 aromatic rings. The molecule has 0 N–H and O–H groups in total. The van der Waals surface area contributed by atoms with E-state index in [2.05, 4.69) is 0 Å². The van der Waals surface area contributed by atoms with Gasteiger partial charge in [-0.05, 0) is 31.2 Å². The molecule has 0 aliphatic heterocycles. The number of rotatable bonds is 6. The number of esters is 1. The SMILES string of the molecule is CCOC(=O)c1ccc(N(C)S(=O)(=O)c2cccc([N+](=O)[O-])c2)cc1Cl. The molecule has 0 spiro atoms. The third-order valence-corrected chi connectivity index (χ3v) is 5.59. The van der Waals surface area contributed by atoms with Crippen LogP contribution in [0.15, 0.2) is 47.4 Å². The number of halogens is 1. The molecule has 0 aliphatic rings. The van der Waals surface area contributed by atoms with Gasteiger partial charge in [0, 0.05) is 19.2 Å². The van der Waals surface area contributed by atoms with Gasteiger partial charge in [-0.2, -0.15) is 0 Å². The topological polar surface area (TPSA) is 107 Å². The first-order valence-corrected chi connectivity index (χ1v) is 9.20. The number of nitrogens with zero attached hydrogens (tertiary/aromatic N) is 2. The Morgan fingerprint density at radius 1 is 1.27 bits per heavy atom. The number of non-ortho nitro benzene ring substituents is 1. The number of nitro benzene ring substituents is 1. The molecule has 0 heterocycles. The fourth-order valence-corrected chi connectivity index (χ4v) is 3.61. The van der Waals surface area contributed by atoms with E-state index < -0.39 is 20.9 Å². The summed E-state index contributed by atoms with van der Waals surface area (Å²) in [5.74, 6) is -0.617. The molecule has 26 heavy (non-hydrogen) atoms. The number of carbonyl (C=O) groups is 1. The van der Waals surface area contributed by atoms with Crippen molar-refractivity contribution in [3.05, 3.63) is 63.2 Å². The zero-order valence-corrected chi connectivity index (χ0v) is 15.5. The maximum Gasteiger partial charge on any atom is 0.339 e. The second-order valence-electron chi connectivity index (χ2n) is 5.11. The summed E-state index contributed by atoms with van der Waals surface area (Å²) in [6.45, 7) is 1.83. The monoisotopic (exact) mass is 398 g/mol. The summed E-state index contributed by atoms with van der Waals surface area (Å²) >= 11 is 6.06. The number of ether oxygens (including phenoxy) is 1. The van der Waals surface area contributed by atoms with Crippen molar-refractivity contribution in [3.63, 3.8) is 0 Å². The average Bonchev–Trinajstić information content (AvgIpc) is 2.61. The minimum absolute atomic E-state index is 0.0297. The first-order chi connectivity index (χ1) is 12.2. The van der Waals surface area contributed by atoms with Crippen molar-refractivity contribution in [2.24, 2.45) is 0 Å². The molecular formula is C16H15ClN2O6S. The second-order valence-corrected chi connectivity index (χ2v) is 7.49. The van der Waals surface area contributed by atoms with Crippen LogP contribution in [0.25, 0.3) is 0 Å². The van der Waals surface area contributed by atoms with Gasteiger partial charge in [0.2, 0.25) is 0 Å². The van der Waals surface area contributed by atoms with Crippen LogP contribution < -0.4 is 4.31 Å². The van der Waals surface area contributed by atoms with Crippen molar-refractivity contribution >= 4 is 39.0 Å². The Morgan fingerprint density at radius 2 is 1.96 bits per heavy atom. The van der Waals surface area contributed by atoms with Crippen molar-refractivity contribution in [1.29, 1.82) is 0 Å². The summed E-state index contributed by atoms with van der Waals surface area (Å²) in [6.07, 6.45) is 0. The van der Waals surface area contributed by atoms with Gasteiger partial charge in [-0.15, -0.1) is 0 Å². The van der Waals surface area contributed by atoms with E-state index in [0.717, 1.165) is 10.4 Å². The van der Waals surface area contributed by atoms with Crippen LogP contribution in [0.4, 0.5) is 11.4 Å². The van der Waals surface area contributed by atoms with Crippen molar-refractivity contribution in [2.45, 2.75) is 11.8 Å². The molecule has 2 aromatic carbocycles. The van der Waals surface area contributed by atoms with Gasteiger partial charge in [-0.1, -0.05) is 17.7 Å². The first kappa shape index (κ1) is 19.7. The Kier molecular flexibility index (Phi) is 5.83. The van der Waals surface area contributed by atoms with Gasteiger partial charge in [-0.25, -0.2) is 13.2 Å². The number of hydrogen-bond donors (Lipinski definition) is 0. The lowest BCUT2D eigenvalue weighted by Crippen LogP contribution is -2.26. The summed E-state index contributed by atoms with van der Waals surface area (Å²) < 4.78 is 31.2. The summed E-state index contributed by atoms with van der Waals surface area (Å²) in [5.41, 5.74) is -0.0388. The maximum absolute atomic E-state index is 12.7. The van der Waals surface area contributed by atoms with Crippen LogP contribution >= 0.6 is 11.6 Å². The van der Waals surface area contributed by atoms with Crippen molar-refractivity contribution in [1.82, 2.24) is 0 Å². The van der Waals surface area contributed by atoms with Crippen LogP contribution in [0.5, 0.6) is 0 Å². The van der Waals surface area contributed by atoms with E-state index in [-0.39, 0.29) is 33.5 Å². The number of carbonyl (C=O) groups excluding carboxylic acids is 1. The normalized spacial score (nSPS) is 11.0. The van der Waals surface area contributed by atoms with Crippen molar-refractivity contribution < 1.29 is 22.9 Å². The van der Waals surface area contributed by atoms with Crippen LogP contribution in [0.2, 0.25) is 5.02 Å². The molecule has 10 heteroatoms. The number of benzene rings is 2. The fraction of sp³-hybridized carbons (Fsp3) is 0.188. The summed E-state index contributed by atoms with van der Waals surface area (Å²) in [6, 6.07) is 8.78. The van der Waals surface area contributed by atoms with E-state index >= 15 is 0 Å². The predicted octanol–water partition coefficient (Wildman–Crippen LogP) is 3.25. The van der Waals surface area contributed by atoms with Gasteiger partial charge in [0.15, 0.2) is 0 Å². The quantitative estimate of drug-likeness (QED) is 0.420. The maximum atomic E-state index is 12.7. The number of sulfonamides is 1. The predicted molar refractivity (Wildman–Crippen MR) is 96.1 cm³/mol. The lowest BCUT2D eigenvalue weighted by molar-refractivity contribution is -0.385. The Hall–Kier alpha value is -2.65. The zero-order valence-electron chi connectivity index (χ0n) is 13.9. The zero-order chi connectivity index (χ0) is 19.5. The van der Waals surface area contributed by atoms with Crippen molar-refractivity contribution in [3.8, 4) is 0 Å². The Morgan fingerprint density at radius 3 is 2.54 bits per heavy atom. The molecule has 0 saturated carbocycles. The van der Waals surface area contributed by atoms with E-state index in [0.29, 0.717) is 0 Å². The molecule has 0 radical (unpaired) electrons. The molecule has 0 atom stereocenters. The third-order valence-electron chi connectivity index (χ3n) is 3.50. The molecule has 0 bridgehead atoms. The molecule has 2 rings (SSSR count). The van der Waals surface area contributed by atoms with E-state index in [1.165, 1.54) is 43.4 Å². The van der Waals surface area contributed by atoms with E-state index in [1.807, 2.05) is 0 Å². The van der Waals surface area contributed by atoms with Gasteiger partial charge in [0.05, 0.1) is 32.7 Å². The minimum Gasteiger partial charge on any atom is -0.462 e. The van der Waals surface area contributed by atoms with Crippen LogP contribution in [0.1, 0.15) is 17.3 Å². The van der Waals surface area contributed by atoms with E-state index in [1.54, 1.807) is 6.92 Å². The minimum atomic E-state index is -4.05. The molecule has 0 aromatic heterocycles. The average molecular weight is 399 g/mol. The first-order valence-electron chi connectivity index (χ1n) is 7.38. The number of anilines is 1. The standard InChI is InChI=1S/C16H15ClN2O6S/c1-3-25-16(20)14-8-7-11(10-15(14)17)18(2)26(23,24)13-6-4-5-12(9-13)19(21)22/h4-10H,3H2,1-2H3. The van der Waals surface area contributed by atoms with Crippen LogP contribution in [0.3, 0.4) is 0 Å². The highest BCUT2D eigenvalue weighted by Crippen LogP contribution is 2.28. The van der Waals surface area contributed by atoms with Gasteiger partial charge >= 0.3 is 5.97 Å². The summed E-state index contributed by atoms with van der Waals surface area (Å²) in [4.78, 5) is 21.7. The van der Waals surface area contributed by atoms with Crippen LogP contribution in [-0.2, 0) is 14.8 Å². The molecule has 8 nitrogen and oxygen atoms in total. The molecular weight excluding hydrogens is 384 g/mol. The summed E-state index contributed by atoms with van der Waals surface area (Å²) in [7, 11) is -2.77. The molecule has 0 saturated heterocycles. The molecule has 0 amide bonds. The fourth-order valence-electron chi connectivity index (χ4n) is 2.13. The highest BCUT2D eigenvalue weighted by Gasteiger charge is 2.24. The lowest BCUT2D eigenvalue weighted by atomic mass is 10.2.